The molecule has 0 N–H and O–H groups in total. The van der Waals surface area contributed by atoms with Gasteiger partial charge in [0.2, 0.25) is 11.7 Å². The van der Waals surface area contributed by atoms with Crippen LogP contribution in [0, 0.1) is 6.92 Å². The van der Waals surface area contributed by atoms with E-state index in [4.69, 9.17) is 9.15 Å². The van der Waals surface area contributed by atoms with E-state index in [9.17, 15) is 4.79 Å². The lowest BCUT2D eigenvalue weighted by atomic mass is 10.3. The van der Waals surface area contributed by atoms with E-state index in [0.717, 1.165) is 9.88 Å². The molecule has 0 aliphatic rings. The van der Waals surface area contributed by atoms with Crippen LogP contribution >= 0.6 is 11.3 Å². The quantitative estimate of drug-likeness (QED) is 0.796. The molecular formula is C12H14N2O3S. The molecular weight excluding hydrogens is 252 g/mol. The van der Waals surface area contributed by atoms with Gasteiger partial charge in [-0.3, -0.25) is 0 Å². The van der Waals surface area contributed by atoms with Crippen molar-refractivity contribution < 1.29 is 13.9 Å². The van der Waals surface area contributed by atoms with E-state index in [2.05, 4.69) is 9.97 Å². The number of esters is 1. The largest absolute Gasteiger partial charge is 0.460 e. The van der Waals surface area contributed by atoms with Crippen LogP contribution < -0.4 is 0 Å². The van der Waals surface area contributed by atoms with E-state index in [0.29, 0.717) is 24.6 Å². The van der Waals surface area contributed by atoms with Crippen molar-refractivity contribution in [1.29, 1.82) is 0 Å². The summed E-state index contributed by atoms with van der Waals surface area (Å²) in [7, 11) is 0. The molecule has 18 heavy (non-hydrogen) atoms. The number of aryl methyl sites for hydroxylation is 2. The van der Waals surface area contributed by atoms with Crippen molar-refractivity contribution in [3.63, 3.8) is 0 Å². The molecule has 5 nitrogen and oxygen atoms in total. The van der Waals surface area contributed by atoms with Crippen molar-refractivity contribution in [2.24, 2.45) is 0 Å². The van der Waals surface area contributed by atoms with Crippen LogP contribution in [-0.4, -0.2) is 22.5 Å². The average Bonchev–Trinajstić information content (AvgIpc) is 2.94. The minimum absolute atomic E-state index is 0.195. The molecule has 2 rings (SSSR count). The van der Waals surface area contributed by atoms with E-state index < -0.39 is 5.97 Å². The second-order valence-corrected chi connectivity index (χ2v) is 4.85. The lowest BCUT2D eigenvalue weighted by molar-refractivity contribution is 0.0489. The number of aromatic nitrogens is 2. The molecule has 0 aliphatic carbocycles. The summed E-state index contributed by atoms with van der Waals surface area (Å²) in [6.45, 7) is 5.90. The van der Waals surface area contributed by atoms with Crippen LogP contribution in [0.25, 0.3) is 10.8 Å². The number of thiazole rings is 1. The van der Waals surface area contributed by atoms with E-state index in [-0.39, 0.29) is 5.76 Å². The van der Waals surface area contributed by atoms with Gasteiger partial charge in [0.1, 0.15) is 4.88 Å². The fraction of sp³-hybridized carbons (Fsp3) is 0.417. The zero-order chi connectivity index (χ0) is 13.1. The van der Waals surface area contributed by atoms with E-state index in [1.165, 1.54) is 11.3 Å². The Hall–Kier alpha value is -1.69. The molecule has 2 heterocycles. The molecule has 96 valence electrons. The standard InChI is InChI=1S/C12H14N2O3S/c1-4-8-10(12(15)16-5-2)17-11(14-8)9-6-13-7(3)18-9/h6H,4-5H2,1-3H3. The monoisotopic (exact) mass is 266 g/mol. The maximum Gasteiger partial charge on any atom is 0.376 e. The Labute approximate surface area is 109 Å². The third kappa shape index (κ3) is 2.43. The Balaban J connectivity index is 2.37. The van der Waals surface area contributed by atoms with Crippen LogP contribution in [0.1, 0.15) is 35.1 Å². The average molecular weight is 266 g/mol. The summed E-state index contributed by atoms with van der Waals surface area (Å²) < 4.78 is 10.4. The first kappa shape index (κ1) is 12.8. The van der Waals surface area contributed by atoms with Crippen LogP contribution in [-0.2, 0) is 11.2 Å². The van der Waals surface area contributed by atoms with Gasteiger partial charge in [0.25, 0.3) is 0 Å². The first-order chi connectivity index (χ1) is 8.65. The molecule has 0 bridgehead atoms. The fourth-order valence-electron chi connectivity index (χ4n) is 1.51. The van der Waals surface area contributed by atoms with E-state index in [1.54, 1.807) is 13.1 Å². The molecule has 0 fully saturated rings. The smallest absolute Gasteiger partial charge is 0.376 e. The van der Waals surface area contributed by atoms with Gasteiger partial charge in [-0.25, -0.2) is 14.8 Å². The van der Waals surface area contributed by atoms with Gasteiger partial charge >= 0.3 is 5.97 Å². The van der Waals surface area contributed by atoms with Gasteiger partial charge < -0.3 is 9.15 Å². The van der Waals surface area contributed by atoms with Crippen molar-refractivity contribution in [3.05, 3.63) is 22.7 Å². The van der Waals surface area contributed by atoms with Crippen molar-refractivity contribution in [2.45, 2.75) is 27.2 Å². The lowest BCUT2D eigenvalue weighted by Crippen LogP contribution is -2.05. The number of hydrogen-bond donors (Lipinski definition) is 0. The summed E-state index contributed by atoms with van der Waals surface area (Å²) in [4.78, 5) is 21.0. The van der Waals surface area contributed by atoms with Crippen LogP contribution in [0.5, 0.6) is 0 Å². The molecule has 0 saturated carbocycles. The predicted molar refractivity (Wildman–Crippen MR) is 67.7 cm³/mol. The highest BCUT2D eigenvalue weighted by atomic mass is 32.1. The normalized spacial score (nSPS) is 10.6. The molecule has 0 spiro atoms. The first-order valence-electron chi connectivity index (χ1n) is 5.75. The highest BCUT2D eigenvalue weighted by Gasteiger charge is 2.21. The molecule has 2 aromatic rings. The summed E-state index contributed by atoms with van der Waals surface area (Å²) in [5.41, 5.74) is 0.620. The molecule has 0 saturated heterocycles. The van der Waals surface area contributed by atoms with Gasteiger partial charge in [-0.05, 0) is 20.3 Å². The molecule has 0 radical (unpaired) electrons. The van der Waals surface area contributed by atoms with Crippen LogP contribution in [0.3, 0.4) is 0 Å². The SMILES string of the molecule is CCOC(=O)c1oc(-c2cnc(C)s2)nc1CC. The Bertz CT molecular complexity index is 559. The summed E-state index contributed by atoms with van der Waals surface area (Å²) in [5.74, 6) is 0.162. The number of rotatable bonds is 4. The number of carbonyl (C=O) groups excluding carboxylic acids is 1. The van der Waals surface area contributed by atoms with Crippen molar-refractivity contribution in [2.75, 3.05) is 6.61 Å². The number of carbonyl (C=O) groups is 1. The second-order valence-electron chi connectivity index (χ2n) is 3.61. The van der Waals surface area contributed by atoms with E-state index >= 15 is 0 Å². The minimum atomic E-state index is -0.464. The molecule has 0 unspecified atom stereocenters. The summed E-state index contributed by atoms with van der Waals surface area (Å²) >= 11 is 1.48. The molecule has 0 amide bonds. The number of ether oxygens (including phenoxy) is 1. The highest BCUT2D eigenvalue weighted by molar-refractivity contribution is 7.14. The number of hydrogen-bond acceptors (Lipinski definition) is 6. The molecule has 0 aliphatic heterocycles. The summed E-state index contributed by atoms with van der Waals surface area (Å²) in [5, 5.41) is 0.930. The Kier molecular flexibility index (Phi) is 3.76. The van der Waals surface area contributed by atoms with Gasteiger partial charge in [-0.15, -0.1) is 11.3 Å². The molecule has 0 atom stereocenters. The fourth-order valence-corrected chi connectivity index (χ4v) is 2.22. The minimum Gasteiger partial charge on any atom is -0.460 e. The second kappa shape index (κ2) is 5.30. The van der Waals surface area contributed by atoms with Crippen LogP contribution in [0.4, 0.5) is 0 Å². The lowest BCUT2D eigenvalue weighted by Gasteiger charge is -1.98. The van der Waals surface area contributed by atoms with Gasteiger partial charge in [-0.2, -0.15) is 0 Å². The van der Waals surface area contributed by atoms with Crippen molar-refractivity contribution >= 4 is 17.3 Å². The topological polar surface area (TPSA) is 65.2 Å². The predicted octanol–water partition coefficient (Wildman–Crippen LogP) is 2.85. The maximum atomic E-state index is 11.7. The zero-order valence-corrected chi connectivity index (χ0v) is 11.3. The first-order valence-corrected chi connectivity index (χ1v) is 6.57. The third-order valence-corrected chi connectivity index (χ3v) is 3.23. The zero-order valence-electron chi connectivity index (χ0n) is 10.5. The number of oxazole rings is 1. The van der Waals surface area contributed by atoms with Gasteiger partial charge in [-0.1, -0.05) is 6.92 Å². The van der Waals surface area contributed by atoms with Gasteiger partial charge in [0, 0.05) is 0 Å². The number of nitrogens with zero attached hydrogens (tertiary/aromatic N) is 2. The Morgan fingerprint density at radius 1 is 1.50 bits per heavy atom. The molecule has 0 aromatic carbocycles. The maximum absolute atomic E-state index is 11.7. The van der Waals surface area contributed by atoms with Crippen molar-refractivity contribution in [3.8, 4) is 10.8 Å². The third-order valence-electron chi connectivity index (χ3n) is 2.33. The van der Waals surface area contributed by atoms with Gasteiger partial charge in [0.05, 0.1) is 23.5 Å². The Morgan fingerprint density at radius 3 is 2.83 bits per heavy atom. The van der Waals surface area contributed by atoms with Crippen LogP contribution in [0.2, 0.25) is 0 Å². The summed E-state index contributed by atoms with van der Waals surface area (Å²) in [6, 6.07) is 0. The van der Waals surface area contributed by atoms with Gasteiger partial charge in [0.15, 0.2) is 0 Å². The van der Waals surface area contributed by atoms with Crippen LogP contribution in [0.15, 0.2) is 10.6 Å². The summed E-state index contributed by atoms with van der Waals surface area (Å²) in [6.07, 6.45) is 2.32. The molecule has 2 aromatic heterocycles. The highest BCUT2D eigenvalue weighted by Crippen LogP contribution is 2.27. The molecule has 6 heteroatoms. The Morgan fingerprint density at radius 2 is 2.28 bits per heavy atom. The van der Waals surface area contributed by atoms with Crippen molar-refractivity contribution in [1.82, 2.24) is 9.97 Å². The van der Waals surface area contributed by atoms with E-state index in [1.807, 2.05) is 13.8 Å².